The number of anilines is 1. The molecule has 0 radical (unpaired) electrons. The number of nitrogens with two attached hydrogens (primary N) is 1. The van der Waals surface area contributed by atoms with Gasteiger partial charge in [0.25, 0.3) is 5.88 Å². The van der Waals surface area contributed by atoms with Crippen LogP contribution < -0.4 is 16.0 Å². The third-order valence-electron chi connectivity index (χ3n) is 3.25. The van der Waals surface area contributed by atoms with Gasteiger partial charge < -0.3 is 10.2 Å². The molecule has 0 fully saturated rings. The largest absolute Gasteiger partial charge is 0.436 e. The first-order chi connectivity index (χ1) is 10.2. The van der Waals surface area contributed by atoms with Crippen molar-refractivity contribution in [2.45, 2.75) is 19.8 Å². The lowest BCUT2D eigenvalue weighted by Crippen LogP contribution is -2.10. The summed E-state index contributed by atoms with van der Waals surface area (Å²) in [6.07, 6.45) is 5.25. The number of hydrogen-bond acceptors (Lipinski definition) is 5. The van der Waals surface area contributed by atoms with Gasteiger partial charge in [-0.3, -0.25) is 4.40 Å². The number of benzene rings is 1. The van der Waals surface area contributed by atoms with E-state index in [2.05, 4.69) is 29.2 Å². The molecule has 3 aromatic rings. The lowest BCUT2D eigenvalue weighted by Gasteiger charge is -2.10. The van der Waals surface area contributed by atoms with E-state index in [0.717, 1.165) is 0 Å². The van der Waals surface area contributed by atoms with Crippen LogP contribution >= 0.6 is 0 Å². The van der Waals surface area contributed by atoms with Gasteiger partial charge in [0.05, 0.1) is 6.20 Å². The predicted octanol–water partition coefficient (Wildman–Crippen LogP) is 2.93. The molecule has 21 heavy (non-hydrogen) atoms. The summed E-state index contributed by atoms with van der Waals surface area (Å²) in [6.45, 7) is 4.31. The highest BCUT2D eigenvalue weighted by Crippen LogP contribution is 2.26. The molecular weight excluding hydrogens is 266 g/mol. The van der Waals surface area contributed by atoms with Crippen LogP contribution in [0, 0.1) is 0 Å². The van der Waals surface area contributed by atoms with Crippen LogP contribution in [0.3, 0.4) is 0 Å². The van der Waals surface area contributed by atoms with Gasteiger partial charge in [0.1, 0.15) is 5.75 Å². The molecule has 2 heterocycles. The quantitative estimate of drug-likeness (QED) is 0.568. The zero-order valence-corrected chi connectivity index (χ0v) is 11.9. The lowest BCUT2D eigenvalue weighted by molar-refractivity contribution is 0.465. The number of hydrogen-bond donors (Lipinski definition) is 2. The number of fused-ring (bicyclic) bond motifs is 1. The molecule has 0 saturated carbocycles. The first-order valence-corrected chi connectivity index (χ1v) is 6.75. The van der Waals surface area contributed by atoms with Crippen LogP contribution in [0.2, 0.25) is 0 Å². The summed E-state index contributed by atoms with van der Waals surface area (Å²) in [4.78, 5) is 8.55. The van der Waals surface area contributed by atoms with Gasteiger partial charge in [-0.05, 0) is 23.6 Å². The van der Waals surface area contributed by atoms with Gasteiger partial charge in [-0.2, -0.15) is 4.98 Å². The molecule has 0 unspecified atom stereocenters. The molecule has 108 valence electrons. The second-order valence-electron chi connectivity index (χ2n) is 5.06. The van der Waals surface area contributed by atoms with E-state index in [1.165, 1.54) is 5.56 Å². The van der Waals surface area contributed by atoms with Gasteiger partial charge >= 0.3 is 0 Å². The zero-order chi connectivity index (χ0) is 14.8. The fourth-order valence-electron chi connectivity index (χ4n) is 2.07. The zero-order valence-electron chi connectivity index (χ0n) is 11.9. The maximum Gasteiger partial charge on any atom is 0.265 e. The maximum atomic E-state index is 5.84. The Kier molecular flexibility index (Phi) is 3.45. The standard InChI is InChI=1S/C15H17N5O/c1-10(2)11-3-5-12(6-4-11)21-15-14-17-7-8-20(14)9-13(18-15)19-16/h3-10,19H,16H2,1-2H3. The van der Waals surface area contributed by atoms with Crippen molar-refractivity contribution in [1.29, 1.82) is 0 Å². The molecule has 0 bridgehead atoms. The Morgan fingerprint density at radius 1 is 1.24 bits per heavy atom. The van der Waals surface area contributed by atoms with E-state index in [4.69, 9.17) is 10.6 Å². The normalized spacial score (nSPS) is 11.0. The van der Waals surface area contributed by atoms with Crippen LogP contribution in [0.25, 0.3) is 5.65 Å². The average Bonchev–Trinajstić information content (AvgIpc) is 2.96. The summed E-state index contributed by atoms with van der Waals surface area (Å²) in [5.41, 5.74) is 4.42. The topological polar surface area (TPSA) is 77.5 Å². The summed E-state index contributed by atoms with van der Waals surface area (Å²) >= 11 is 0. The van der Waals surface area contributed by atoms with Crippen LogP contribution in [-0.4, -0.2) is 14.4 Å². The van der Waals surface area contributed by atoms with Crippen molar-refractivity contribution in [2.75, 3.05) is 5.43 Å². The molecule has 6 heteroatoms. The molecule has 2 aromatic heterocycles. The Labute approximate surface area is 122 Å². The number of nitrogen functional groups attached to an aromatic ring is 1. The highest BCUT2D eigenvalue weighted by Gasteiger charge is 2.10. The summed E-state index contributed by atoms with van der Waals surface area (Å²) in [7, 11) is 0. The third kappa shape index (κ3) is 2.66. The van der Waals surface area contributed by atoms with E-state index >= 15 is 0 Å². The second-order valence-corrected chi connectivity index (χ2v) is 5.06. The monoisotopic (exact) mass is 283 g/mol. The van der Waals surface area contributed by atoms with E-state index in [-0.39, 0.29) is 0 Å². The third-order valence-corrected chi connectivity index (χ3v) is 3.25. The predicted molar refractivity (Wildman–Crippen MR) is 81.4 cm³/mol. The fraction of sp³-hybridized carbons (Fsp3) is 0.200. The van der Waals surface area contributed by atoms with Crippen molar-refractivity contribution >= 4 is 11.5 Å². The number of nitrogens with zero attached hydrogens (tertiary/aromatic N) is 3. The second kappa shape index (κ2) is 5.41. The Bertz CT molecular complexity index is 748. The van der Waals surface area contributed by atoms with Gasteiger partial charge in [-0.15, -0.1) is 0 Å². The Hall–Kier alpha value is -2.60. The summed E-state index contributed by atoms with van der Waals surface area (Å²) in [6, 6.07) is 7.96. The highest BCUT2D eigenvalue weighted by molar-refractivity contribution is 5.54. The first-order valence-electron chi connectivity index (χ1n) is 6.75. The van der Waals surface area contributed by atoms with Crippen LogP contribution in [0.5, 0.6) is 11.6 Å². The van der Waals surface area contributed by atoms with Crippen molar-refractivity contribution < 1.29 is 4.74 Å². The van der Waals surface area contributed by atoms with Crippen LogP contribution in [0.4, 0.5) is 5.82 Å². The van der Waals surface area contributed by atoms with Gasteiger partial charge in [0, 0.05) is 12.4 Å². The molecular formula is C15H17N5O. The van der Waals surface area contributed by atoms with E-state index < -0.39 is 0 Å². The Balaban J connectivity index is 1.95. The molecule has 0 aliphatic heterocycles. The summed E-state index contributed by atoms with van der Waals surface area (Å²) in [5.74, 6) is 7.54. The van der Waals surface area contributed by atoms with Crippen molar-refractivity contribution in [2.24, 2.45) is 5.84 Å². The maximum absolute atomic E-state index is 5.84. The lowest BCUT2D eigenvalue weighted by atomic mass is 10.0. The molecule has 6 nitrogen and oxygen atoms in total. The minimum atomic E-state index is 0.410. The first kappa shape index (κ1) is 13.4. The van der Waals surface area contributed by atoms with Gasteiger partial charge in [-0.25, -0.2) is 10.8 Å². The number of aromatic nitrogens is 3. The molecule has 0 aliphatic carbocycles. The smallest absolute Gasteiger partial charge is 0.265 e. The average molecular weight is 283 g/mol. The minimum Gasteiger partial charge on any atom is -0.436 e. The SMILES string of the molecule is CC(C)c1ccc(Oc2nc(NN)cn3ccnc23)cc1. The number of imidazole rings is 1. The number of hydrazine groups is 1. The fourth-order valence-corrected chi connectivity index (χ4v) is 2.07. The van der Waals surface area contributed by atoms with E-state index in [1.54, 1.807) is 16.8 Å². The molecule has 0 spiro atoms. The van der Waals surface area contributed by atoms with Crippen molar-refractivity contribution in [3.63, 3.8) is 0 Å². The minimum absolute atomic E-state index is 0.410. The van der Waals surface area contributed by atoms with Gasteiger partial charge in [-0.1, -0.05) is 26.0 Å². The number of rotatable bonds is 4. The molecule has 0 atom stereocenters. The summed E-state index contributed by atoms with van der Waals surface area (Å²) < 4.78 is 7.64. The molecule has 0 amide bonds. The molecule has 3 N–H and O–H groups in total. The van der Waals surface area contributed by atoms with Crippen molar-refractivity contribution in [1.82, 2.24) is 14.4 Å². The molecule has 3 rings (SSSR count). The number of nitrogens with one attached hydrogen (secondary N) is 1. The van der Waals surface area contributed by atoms with E-state index in [9.17, 15) is 0 Å². The summed E-state index contributed by atoms with van der Waals surface area (Å²) in [5, 5.41) is 0. The number of ether oxygens (including phenoxy) is 1. The van der Waals surface area contributed by atoms with Gasteiger partial charge in [0.15, 0.2) is 5.82 Å². The van der Waals surface area contributed by atoms with E-state index in [1.807, 2.05) is 30.5 Å². The molecule has 1 aromatic carbocycles. The van der Waals surface area contributed by atoms with Crippen molar-refractivity contribution in [3.05, 3.63) is 48.4 Å². The van der Waals surface area contributed by atoms with Crippen LogP contribution in [0.15, 0.2) is 42.9 Å². The highest BCUT2D eigenvalue weighted by atomic mass is 16.5. The molecule has 0 saturated heterocycles. The van der Waals surface area contributed by atoms with Crippen LogP contribution in [0.1, 0.15) is 25.3 Å². The van der Waals surface area contributed by atoms with E-state index in [0.29, 0.717) is 29.0 Å². The van der Waals surface area contributed by atoms with Gasteiger partial charge in [0.2, 0.25) is 5.65 Å². The Morgan fingerprint density at radius 2 is 2.00 bits per heavy atom. The van der Waals surface area contributed by atoms with Crippen molar-refractivity contribution in [3.8, 4) is 11.6 Å². The van der Waals surface area contributed by atoms with Crippen LogP contribution in [-0.2, 0) is 0 Å². The Morgan fingerprint density at radius 3 is 2.67 bits per heavy atom. The molecule has 0 aliphatic rings.